The fraction of sp³-hybridized carbons (Fsp3) is 0.235. The molecular weight excluding hydrogens is 309 g/mol. The Labute approximate surface area is 138 Å². The van der Waals surface area contributed by atoms with Gasteiger partial charge in [-0.15, -0.1) is 5.10 Å². The third-order valence-corrected chi connectivity index (χ3v) is 4.08. The summed E-state index contributed by atoms with van der Waals surface area (Å²) in [6.45, 7) is 2.46. The first-order valence-electron chi connectivity index (χ1n) is 7.74. The van der Waals surface area contributed by atoms with Gasteiger partial charge in [-0.1, -0.05) is 23.3 Å². The van der Waals surface area contributed by atoms with E-state index in [1.165, 1.54) is 12.1 Å². The summed E-state index contributed by atoms with van der Waals surface area (Å²) in [7, 11) is 0. The number of hydrogen-bond donors (Lipinski definition) is 2. The van der Waals surface area contributed by atoms with Crippen molar-refractivity contribution in [1.29, 1.82) is 0 Å². The van der Waals surface area contributed by atoms with Crippen LogP contribution in [0.2, 0.25) is 0 Å². The van der Waals surface area contributed by atoms with Crippen molar-refractivity contribution < 1.29 is 8.81 Å². The third-order valence-electron chi connectivity index (χ3n) is 4.08. The molecule has 2 unspecified atom stereocenters. The summed E-state index contributed by atoms with van der Waals surface area (Å²) in [6.07, 6.45) is 1.75. The first-order chi connectivity index (χ1) is 11.7. The Morgan fingerprint density at radius 1 is 1.25 bits per heavy atom. The Morgan fingerprint density at radius 3 is 3.04 bits per heavy atom. The van der Waals surface area contributed by atoms with Crippen LogP contribution in [0.5, 0.6) is 0 Å². The summed E-state index contributed by atoms with van der Waals surface area (Å²) in [6, 6.07) is 10.7. The fourth-order valence-corrected chi connectivity index (χ4v) is 2.96. The van der Waals surface area contributed by atoms with Gasteiger partial charge in [-0.05, 0) is 30.7 Å². The highest BCUT2D eigenvalue weighted by Gasteiger charge is 2.35. The van der Waals surface area contributed by atoms with Crippen LogP contribution in [-0.4, -0.2) is 21.2 Å². The van der Waals surface area contributed by atoms with Gasteiger partial charge < -0.3 is 15.1 Å². The van der Waals surface area contributed by atoms with Crippen molar-refractivity contribution in [3.8, 4) is 0 Å². The van der Waals surface area contributed by atoms with E-state index < -0.39 is 0 Å². The zero-order valence-corrected chi connectivity index (χ0v) is 13.0. The lowest BCUT2D eigenvalue weighted by molar-refractivity contribution is 0.468. The molecule has 0 saturated carbocycles. The SMILES string of the molecule is CC1Nc2ncccc2C1c1nnc(NCc2cccc(F)c2)o1. The van der Waals surface area contributed by atoms with E-state index in [2.05, 4.69) is 32.7 Å². The standard InChI is InChI=1S/C17H16FN5O/c1-10-14(13-6-3-7-19-15(13)21-10)16-22-23-17(24-16)20-9-11-4-2-5-12(18)8-11/h2-8,10,14H,9H2,1H3,(H,19,21)(H,20,23). The van der Waals surface area contributed by atoms with Gasteiger partial charge in [0, 0.05) is 24.3 Å². The molecule has 2 N–H and O–H groups in total. The maximum absolute atomic E-state index is 13.2. The Balaban J connectivity index is 1.51. The maximum atomic E-state index is 13.2. The van der Waals surface area contributed by atoms with Crippen LogP contribution < -0.4 is 10.6 Å². The zero-order chi connectivity index (χ0) is 16.5. The molecule has 2 atom stereocenters. The molecule has 4 rings (SSSR count). The van der Waals surface area contributed by atoms with Gasteiger partial charge in [0.2, 0.25) is 5.89 Å². The molecule has 0 radical (unpaired) electrons. The molecule has 0 fully saturated rings. The quantitative estimate of drug-likeness (QED) is 0.767. The molecule has 1 aliphatic rings. The van der Waals surface area contributed by atoms with E-state index in [9.17, 15) is 4.39 Å². The number of aromatic nitrogens is 3. The lowest BCUT2D eigenvalue weighted by Gasteiger charge is -2.10. The van der Waals surface area contributed by atoms with Crippen LogP contribution in [0, 0.1) is 5.82 Å². The van der Waals surface area contributed by atoms with Gasteiger partial charge in [-0.25, -0.2) is 9.37 Å². The van der Waals surface area contributed by atoms with E-state index >= 15 is 0 Å². The number of nitrogens with one attached hydrogen (secondary N) is 2. The minimum Gasteiger partial charge on any atom is -0.407 e. The minimum absolute atomic E-state index is 0.0362. The third kappa shape index (κ3) is 2.68. The Hall–Kier alpha value is -2.96. The number of fused-ring (bicyclic) bond motifs is 1. The van der Waals surface area contributed by atoms with Crippen molar-refractivity contribution >= 4 is 11.8 Å². The van der Waals surface area contributed by atoms with Crippen LogP contribution in [0.4, 0.5) is 16.2 Å². The van der Waals surface area contributed by atoms with Gasteiger partial charge in [0.15, 0.2) is 0 Å². The van der Waals surface area contributed by atoms with Crippen LogP contribution in [0.15, 0.2) is 47.0 Å². The molecule has 24 heavy (non-hydrogen) atoms. The van der Waals surface area contributed by atoms with Crippen LogP contribution in [0.25, 0.3) is 0 Å². The molecule has 1 aromatic carbocycles. The summed E-state index contributed by atoms with van der Waals surface area (Å²) in [5.41, 5.74) is 1.85. The van der Waals surface area contributed by atoms with Crippen LogP contribution >= 0.6 is 0 Å². The molecule has 7 heteroatoms. The van der Waals surface area contributed by atoms with Gasteiger partial charge >= 0.3 is 6.01 Å². The van der Waals surface area contributed by atoms with Gasteiger partial charge in [0.05, 0.1) is 5.92 Å². The topological polar surface area (TPSA) is 75.9 Å². The van der Waals surface area contributed by atoms with Crippen LogP contribution in [-0.2, 0) is 6.54 Å². The van der Waals surface area contributed by atoms with Crippen molar-refractivity contribution in [2.24, 2.45) is 0 Å². The molecule has 6 nitrogen and oxygen atoms in total. The highest BCUT2D eigenvalue weighted by molar-refractivity contribution is 5.55. The minimum atomic E-state index is -0.268. The molecule has 3 aromatic rings. The van der Waals surface area contributed by atoms with Gasteiger partial charge in [-0.2, -0.15) is 0 Å². The smallest absolute Gasteiger partial charge is 0.315 e. The van der Waals surface area contributed by atoms with Crippen LogP contribution in [0.1, 0.15) is 29.9 Å². The van der Waals surface area contributed by atoms with E-state index in [0.29, 0.717) is 18.5 Å². The van der Waals surface area contributed by atoms with E-state index in [0.717, 1.165) is 16.9 Å². The first kappa shape index (κ1) is 14.6. The maximum Gasteiger partial charge on any atom is 0.315 e. The summed E-state index contributed by atoms with van der Waals surface area (Å²) in [5.74, 6) is 1.08. The van der Waals surface area contributed by atoms with E-state index in [1.54, 1.807) is 12.3 Å². The lowest BCUT2D eigenvalue weighted by Crippen LogP contribution is -2.17. The number of benzene rings is 1. The van der Waals surface area contributed by atoms with Gasteiger partial charge in [0.1, 0.15) is 11.6 Å². The molecule has 0 amide bonds. The Morgan fingerprint density at radius 2 is 2.17 bits per heavy atom. The predicted octanol–water partition coefficient (Wildman–Crippen LogP) is 3.16. The Bertz CT molecular complexity index is 865. The highest BCUT2D eigenvalue weighted by Crippen LogP contribution is 2.38. The normalized spacial score (nSPS) is 18.9. The van der Waals surface area contributed by atoms with E-state index in [4.69, 9.17) is 4.42 Å². The van der Waals surface area contributed by atoms with Crippen molar-refractivity contribution in [2.45, 2.75) is 25.4 Å². The second kappa shape index (κ2) is 5.92. The lowest BCUT2D eigenvalue weighted by atomic mass is 9.97. The largest absolute Gasteiger partial charge is 0.407 e. The zero-order valence-electron chi connectivity index (χ0n) is 13.0. The highest BCUT2D eigenvalue weighted by atomic mass is 19.1. The second-order valence-electron chi connectivity index (χ2n) is 5.78. The van der Waals surface area contributed by atoms with Crippen molar-refractivity contribution in [3.63, 3.8) is 0 Å². The summed E-state index contributed by atoms with van der Waals surface area (Å²) < 4.78 is 18.9. The number of pyridine rings is 1. The molecular formula is C17H16FN5O. The second-order valence-corrected chi connectivity index (χ2v) is 5.78. The number of rotatable bonds is 4. The summed E-state index contributed by atoms with van der Waals surface area (Å²) in [5, 5.41) is 14.5. The fourth-order valence-electron chi connectivity index (χ4n) is 2.96. The monoisotopic (exact) mass is 325 g/mol. The molecule has 2 aromatic heterocycles. The Kier molecular flexibility index (Phi) is 3.60. The molecule has 1 aliphatic heterocycles. The average molecular weight is 325 g/mol. The molecule has 0 saturated heterocycles. The first-order valence-corrected chi connectivity index (χ1v) is 7.74. The average Bonchev–Trinajstić information content (AvgIpc) is 3.16. The number of hydrogen-bond acceptors (Lipinski definition) is 6. The number of halogens is 1. The van der Waals surface area contributed by atoms with Crippen LogP contribution in [0.3, 0.4) is 0 Å². The number of anilines is 2. The van der Waals surface area contributed by atoms with Crippen molar-refractivity contribution in [2.75, 3.05) is 10.6 Å². The molecule has 122 valence electrons. The molecule has 0 aliphatic carbocycles. The summed E-state index contributed by atoms with van der Waals surface area (Å²) >= 11 is 0. The van der Waals surface area contributed by atoms with Crippen molar-refractivity contribution in [1.82, 2.24) is 15.2 Å². The van der Waals surface area contributed by atoms with E-state index in [-0.39, 0.29) is 17.8 Å². The van der Waals surface area contributed by atoms with Gasteiger partial charge in [-0.3, -0.25) is 0 Å². The molecule has 0 spiro atoms. The number of nitrogens with zero attached hydrogens (tertiary/aromatic N) is 3. The predicted molar refractivity (Wildman–Crippen MR) is 87.2 cm³/mol. The van der Waals surface area contributed by atoms with E-state index in [1.807, 2.05) is 18.2 Å². The van der Waals surface area contributed by atoms with Crippen molar-refractivity contribution in [3.05, 3.63) is 65.4 Å². The summed E-state index contributed by atoms with van der Waals surface area (Å²) in [4.78, 5) is 4.32. The van der Waals surface area contributed by atoms with Gasteiger partial charge in [0.25, 0.3) is 0 Å². The molecule has 3 heterocycles. The molecule has 0 bridgehead atoms.